The third-order valence-corrected chi connectivity index (χ3v) is 2.33. The largest absolute Gasteiger partial charge is 0.0991 e. The van der Waals surface area contributed by atoms with Gasteiger partial charge in [-0.3, -0.25) is 0 Å². The van der Waals surface area contributed by atoms with E-state index in [0.717, 1.165) is 5.57 Å². The summed E-state index contributed by atoms with van der Waals surface area (Å²) in [5.74, 6) is 0. The van der Waals surface area contributed by atoms with Crippen LogP contribution in [0.2, 0.25) is 0 Å². The molecule has 1 aromatic carbocycles. The van der Waals surface area contributed by atoms with E-state index >= 15 is 0 Å². The molecule has 0 heterocycles. The van der Waals surface area contributed by atoms with Crippen LogP contribution in [-0.2, 0) is 0 Å². The monoisotopic (exact) mass is 222 g/mol. The predicted molar refractivity (Wildman–Crippen MR) is 78.7 cm³/mol. The van der Waals surface area contributed by atoms with Crippen LogP contribution in [-0.4, -0.2) is 0 Å². The summed E-state index contributed by atoms with van der Waals surface area (Å²) in [5.41, 5.74) is 3.53. The lowest BCUT2D eigenvalue weighted by Gasteiger charge is -1.95. The molecular formula is C17H18. The van der Waals surface area contributed by atoms with Crippen LogP contribution < -0.4 is 0 Å². The fourth-order valence-corrected chi connectivity index (χ4v) is 1.28. The second-order valence-corrected chi connectivity index (χ2v) is 3.74. The molecule has 0 heteroatoms. The van der Waals surface area contributed by atoms with Gasteiger partial charge in [-0.1, -0.05) is 85.5 Å². The molecule has 0 spiro atoms. The fourth-order valence-electron chi connectivity index (χ4n) is 1.28. The maximum absolute atomic E-state index is 3.71. The van der Waals surface area contributed by atoms with E-state index < -0.39 is 0 Å². The van der Waals surface area contributed by atoms with Gasteiger partial charge < -0.3 is 0 Å². The zero-order valence-electron chi connectivity index (χ0n) is 10.3. The van der Waals surface area contributed by atoms with Crippen molar-refractivity contribution < 1.29 is 0 Å². The van der Waals surface area contributed by atoms with Gasteiger partial charge in [0, 0.05) is 0 Å². The van der Waals surface area contributed by atoms with E-state index in [1.165, 1.54) is 11.1 Å². The van der Waals surface area contributed by atoms with Gasteiger partial charge in [-0.05, 0) is 18.1 Å². The Balaban J connectivity index is 2.71. The lowest BCUT2D eigenvalue weighted by Crippen LogP contribution is -1.74. The summed E-state index contributed by atoms with van der Waals surface area (Å²) in [5, 5.41) is 0. The Kier molecular flexibility index (Phi) is 5.53. The van der Waals surface area contributed by atoms with Gasteiger partial charge in [0.15, 0.2) is 0 Å². The molecule has 0 aliphatic rings. The van der Waals surface area contributed by atoms with Gasteiger partial charge in [-0.15, -0.1) is 0 Å². The summed E-state index contributed by atoms with van der Waals surface area (Å²) < 4.78 is 0. The highest BCUT2D eigenvalue weighted by molar-refractivity contribution is 5.57. The second kappa shape index (κ2) is 7.24. The molecule has 0 aliphatic heterocycles. The summed E-state index contributed by atoms with van der Waals surface area (Å²) in [6, 6.07) is 8.36. The van der Waals surface area contributed by atoms with Crippen LogP contribution in [0.15, 0.2) is 73.4 Å². The van der Waals surface area contributed by atoms with Crippen molar-refractivity contribution in [3.05, 3.63) is 84.5 Å². The Morgan fingerprint density at radius 2 is 1.47 bits per heavy atom. The third-order valence-electron chi connectivity index (χ3n) is 2.33. The van der Waals surface area contributed by atoms with Gasteiger partial charge in [-0.2, -0.15) is 0 Å². The maximum atomic E-state index is 3.71. The summed E-state index contributed by atoms with van der Waals surface area (Å²) in [6.07, 6.45) is 13.7. The van der Waals surface area contributed by atoms with Crippen LogP contribution >= 0.6 is 0 Å². The molecule has 0 bridgehead atoms. The predicted octanol–water partition coefficient (Wildman–Crippen LogP) is 5.03. The van der Waals surface area contributed by atoms with Crippen LogP contribution in [0.5, 0.6) is 0 Å². The first kappa shape index (κ1) is 13.0. The van der Waals surface area contributed by atoms with Crippen molar-refractivity contribution in [2.45, 2.75) is 6.92 Å². The Labute approximate surface area is 104 Å². The van der Waals surface area contributed by atoms with E-state index in [-0.39, 0.29) is 0 Å². The topological polar surface area (TPSA) is 0 Å². The molecule has 86 valence electrons. The molecule has 0 radical (unpaired) electrons. The molecule has 0 aliphatic carbocycles. The maximum Gasteiger partial charge on any atom is -0.0256 e. The first-order chi connectivity index (χ1) is 8.26. The molecule has 0 N–H and O–H groups in total. The molecule has 0 amide bonds. The Morgan fingerprint density at radius 3 is 1.94 bits per heavy atom. The highest BCUT2D eigenvalue weighted by atomic mass is 13.9. The molecule has 0 nitrogen and oxygen atoms in total. The van der Waals surface area contributed by atoms with E-state index in [4.69, 9.17) is 0 Å². The van der Waals surface area contributed by atoms with Crippen molar-refractivity contribution in [1.82, 2.24) is 0 Å². The van der Waals surface area contributed by atoms with Crippen LogP contribution in [0, 0.1) is 0 Å². The smallest absolute Gasteiger partial charge is 0.0256 e. The highest BCUT2D eigenvalue weighted by Crippen LogP contribution is 2.08. The molecule has 0 saturated carbocycles. The molecule has 17 heavy (non-hydrogen) atoms. The minimum absolute atomic E-state index is 1.16. The summed E-state index contributed by atoms with van der Waals surface area (Å²) in [6.45, 7) is 9.38. The summed E-state index contributed by atoms with van der Waals surface area (Å²) in [7, 11) is 0. The van der Waals surface area contributed by atoms with Gasteiger partial charge >= 0.3 is 0 Å². The molecule has 1 aromatic rings. The van der Waals surface area contributed by atoms with Crippen LogP contribution in [0.25, 0.3) is 12.2 Å². The molecule has 1 rings (SSSR count). The summed E-state index contributed by atoms with van der Waals surface area (Å²) >= 11 is 0. The first-order valence-electron chi connectivity index (χ1n) is 5.63. The van der Waals surface area contributed by atoms with Gasteiger partial charge in [0.25, 0.3) is 0 Å². The van der Waals surface area contributed by atoms with Crippen LogP contribution in [0.1, 0.15) is 18.1 Å². The van der Waals surface area contributed by atoms with Gasteiger partial charge in [0.2, 0.25) is 0 Å². The number of allylic oxidation sites excluding steroid dienone is 6. The van der Waals surface area contributed by atoms with E-state index in [1.54, 1.807) is 6.08 Å². The number of hydrogen-bond acceptors (Lipinski definition) is 0. The van der Waals surface area contributed by atoms with Crippen molar-refractivity contribution in [2.24, 2.45) is 0 Å². The highest BCUT2D eigenvalue weighted by Gasteiger charge is 1.87. The normalized spacial score (nSPS) is 12.2. The molecule has 0 aromatic heterocycles. The lowest BCUT2D eigenvalue weighted by molar-refractivity contribution is 1.54. The molecule has 0 fully saturated rings. The van der Waals surface area contributed by atoms with Crippen molar-refractivity contribution in [2.75, 3.05) is 0 Å². The lowest BCUT2D eigenvalue weighted by atomic mass is 10.1. The SMILES string of the molecule is C=CC=Cc1ccc(C=CC=C(C)C=C)cc1. The minimum atomic E-state index is 1.16. The molecule has 0 unspecified atom stereocenters. The number of benzene rings is 1. The third kappa shape index (κ3) is 4.98. The van der Waals surface area contributed by atoms with E-state index in [9.17, 15) is 0 Å². The van der Waals surface area contributed by atoms with E-state index in [1.807, 2.05) is 37.3 Å². The zero-order valence-corrected chi connectivity index (χ0v) is 10.3. The van der Waals surface area contributed by atoms with Gasteiger partial charge in [0.05, 0.1) is 0 Å². The van der Waals surface area contributed by atoms with Crippen molar-refractivity contribution in [1.29, 1.82) is 0 Å². The number of rotatable bonds is 5. The second-order valence-electron chi connectivity index (χ2n) is 3.74. The van der Waals surface area contributed by atoms with Crippen molar-refractivity contribution in [3.63, 3.8) is 0 Å². The standard InChI is InChI=1S/C17H18/c1-4-6-9-16-11-13-17(14-12-16)10-7-8-15(3)5-2/h4-14H,1-2H2,3H3. The first-order valence-corrected chi connectivity index (χ1v) is 5.63. The van der Waals surface area contributed by atoms with E-state index in [0.29, 0.717) is 0 Å². The van der Waals surface area contributed by atoms with E-state index in [2.05, 4.69) is 43.5 Å². The van der Waals surface area contributed by atoms with Gasteiger partial charge in [0.1, 0.15) is 0 Å². The molecular weight excluding hydrogens is 204 g/mol. The average molecular weight is 222 g/mol. The Morgan fingerprint density at radius 1 is 0.941 bits per heavy atom. The quantitative estimate of drug-likeness (QED) is 0.613. The minimum Gasteiger partial charge on any atom is -0.0991 e. The molecule has 0 atom stereocenters. The van der Waals surface area contributed by atoms with Crippen molar-refractivity contribution >= 4 is 12.2 Å². The molecule has 0 saturated heterocycles. The Bertz CT molecular complexity index is 453. The van der Waals surface area contributed by atoms with Crippen LogP contribution in [0.3, 0.4) is 0 Å². The number of hydrogen-bond donors (Lipinski definition) is 0. The van der Waals surface area contributed by atoms with Crippen molar-refractivity contribution in [3.8, 4) is 0 Å². The zero-order chi connectivity index (χ0) is 12.5. The fraction of sp³-hybridized carbons (Fsp3) is 0.0588. The average Bonchev–Trinajstić information content (AvgIpc) is 2.37. The Hall–Kier alpha value is -2.08. The summed E-state index contributed by atoms with van der Waals surface area (Å²) in [4.78, 5) is 0. The van der Waals surface area contributed by atoms with Crippen LogP contribution in [0.4, 0.5) is 0 Å². The van der Waals surface area contributed by atoms with Gasteiger partial charge in [-0.25, -0.2) is 0 Å².